The van der Waals surface area contributed by atoms with Crippen molar-refractivity contribution in [1.29, 1.82) is 0 Å². The fourth-order valence-electron chi connectivity index (χ4n) is 1.05. The monoisotopic (exact) mass is 233 g/mol. The summed E-state index contributed by atoms with van der Waals surface area (Å²) in [5.41, 5.74) is 0. The van der Waals surface area contributed by atoms with Crippen LogP contribution in [-0.4, -0.2) is 47.7 Å². The standard InChI is InChI=1S/C8H15N3O3S/c1-7(12)3-4-11(2)15(13,14)8-5-9-10-6-8/h5-7,12H,3-4H2,1-2H3,(H,9,10). The van der Waals surface area contributed by atoms with E-state index >= 15 is 0 Å². The summed E-state index contributed by atoms with van der Waals surface area (Å²) in [6.07, 6.45) is 2.49. The maximum absolute atomic E-state index is 11.8. The van der Waals surface area contributed by atoms with Crippen LogP contribution in [0.25, 0.3) is 0 Å². The van der Waals surface area contributed by atoms with Crippen LogP contribution in [0.5, 0.6) is 0 Å². The van der Waals surface area contributed by atoms with Crippen molar-refractivity contribution in [3.63, 3.8) is 0 Å². The zero-order chi connectivity index (χ0) is 11.5. The first-order chi connectivity index (χ1) is 6.94. The Morgan fingerprint density at radius 2 is 2.33 bits per heavy atom. The lowest BCUT2D eigenvalue weighted by Gasteiger charge is -2.16. The number of aliphatic hydroxyl groups is 1. The molecule has 0 bridgehead atoms. The van der Waals surface area contributed by atoms with Crippen molar-refractivity contribution in [1.82, 2.24) is 14.5 Å². The molecule has 0 aliphatic carbocycles. The number of sulfonamides is 1. The lowest BCUT2D eigenvalue weighted by atomic mass is 10.3. The summed E-state index contributed by atoms with van der Waals surface area (Å²) >= 11 is 0. The Labute approximate surface area is 89.0 Å². The Kier molecular flexibility index (Phi) is 3.83. The fourth-order valence-corrected chi connectivity index (χ4v) is 2.14. The smallest absolute Gasteiger partial charge is 0.245 e. The highest BCUT2D eigenvalue weighted by atomic mass is 32.2. The normalized spacial score (nSPS) is 14.4. The maximum Gasteiger partial charge on any atom is 0.245 e. The molecule has 0 fully saturated rings. The molecule has 1 heterocycles. The lowest BCUT2D eigenvalue weighted by Crippen LogP contribution is -2.29. The summed E-state index contributed by atoms with van der Waals surface area (Å²) < 4.78 is 24.8. The molecular formula is C8H15N3O3S. The highest BCUT2D eigenvalue weighted by Gasteiger charge is 2.21. The van der Waals surface area contributed by atoms with Crippen molar-refractivity contribution in [2.24, 2.45) is 0 Å². The molecule has 0 aromatic carbocycles. The highest BCUT2D eigenvalue weighted by Crippen LogP contribution is 2.12. The van der Waals surface area contributed by atoms with Crippen LogP contribution in [0.1, 0.15) is 13.3 Å². The van der Waals surface area contributed by atoms with Crippen molar-refractivity contribution < 1.29 is 13.5 Å². The lowest BCUT2D eigenvalue weighted by molar-refractivity contribution is 0.177. The fraction of sp³-hybridized carbons (Fsp3) is 0.625. The van der Waals surface area contributed by atoms with E-state index in [4.69, 9.17) is 5.11 Å². The molecule has 0 saturated heterocycles. The number of aliphatic hydroxyl groups excluding tert-OH is 1. The van der Waals surface area contributed by atoms with E-state index in [0.29, 0.717) is 6.42 Å². The molecule has 2 N–H and O–H groups in total. The van der Waals surface area contributed by atoms with E-state index in [-0.39, 0.29) is 11.4 Å². The van der Waals surface area contributed by atoms with Gasteiger partial charge in [-0.2, -0.15) is 5.10 Å². The molecule has 1 rings (SSSR count). The molecule has 1 aromatic heterocycles. The maximum atomic E-state index is 11.8. The molecule has 0 saturated carbocycles. The van der Waals surface area contributed by atoms with Crippen molar-refractivity contribution >= 4 is 10.0 Å². The number of rotatable bonds is 5. The number of aromatic amines is 1. The second kappa shape index (κ2) is 4.73. The number of hydrogen-bond acceptors (Lipinski definition) is 4. The summed E-state index contributed by atoms with van der Waals surface area (Å²) in [5.74, 6) is 0. The molecule has 0 aliphatic rings. The van der Waals surface area contributed by atoms with Crippen molar-refractivity contribution in [2.75, 3.05) is 13.6 Å². The minimum atomic E-state index is -3.46. The molecular weight excluding hydrogens is 218 g/mol. The molecule has 1 aromatic rings. The van der Waals surface area contributed by atoms with Crippen LogP contribution >= 0.6 is 0 Å². The van der Waals surface area contributed by atoms with Gasteiger partial charge in [0.05, 0.1) is 12.3 Å². The van der Waals surface area contributed by atoms with E-state index in [1.807, 2.05) is 0 Å². The Morgan fingerprint density at radius 1 is 1.67 bits per heavy atom. The van der Waals surface area contributed by atoms with Crippen LogP contribution < -0.4 is 0 Å². The van der Waals surface area contributed by atoms with Gasteiger partial charge in [-0.1, -0.05) is 0 Å². The summed E-state index contributed by atoms with van der Waals surface area (Å²) in [5, 5.41) is 15.1. The van der Waals surface area contributed by atoms with Crippen LogP contribution in [0.15, 0.2) is 17.3 Å². The minimum Gasteiger partial charge on any atom is -0.393 e. The summed E-state index contributed by atoms with van der Waals surface area (Å²) in [6.45, 7) is 1.91. The van der Waals surface area contributed by atoms with Gasteiger partial charge < -0.3 is 5.11 Å². The molecule has 0 spiro atoms. The molecule has 1 unspecified atom stereocenters. The van der Waals surface area contributed by atoms with E-state index in [2.05, 4.69) is 10.2 Å². The second-order valence-corrected chi connectivity index (χ2v) is 5.44. The van der Waals surface area contributed by atoms with Crippen LogP contribution in [0.2, 0.25) is 0 Å². The van der Waals surface area contributed by atoms with Gasteiger partial charge in [0, 0.05) is 19.8 Å². The molecule has 15 heavy (non-hydrogen) atoms. The summed E-state index contributed by atoms with van der Waals surface area (Å²) in [6, 6.07) is 0. The van der Waals surface area contributed by atoms with Gasteiger partial charge in [0.2, 0.25) is 10.0 Å². The molecule has 0 amide bonds. The van der Waals surface area contributed by atoms with Crippen molar-refractivity contribution in [3.8, 4) is 0 Å². The Balaban J connectivity index is 2.71. The van der Waals surface area contributed by atoms with Gasteiger partial charge in [-0.05, 0) is 13.3 Å². The van der Waals surface area contributed by atoms with E-state index in [1.165, 1.54) is 23.7 Å². The third kappa shape index (κ3) is 3.01. The largest absolute Gasteiger partial charge is 0.393 e. The third-order valence-corrected chi connectivity index (χ3v) is 3.87. The molecule has 0 radical (unpaired) electrons. The average molecular weight is 233 g/mol. The van der Waals surface area contributed by atoms with Crippen LogP contribution in [0.3, 0.4) is 0 Å². The molecule has 86 valence electrons. The zero-order valence-corrected chi connectivity index (χ0v) is 9.53. The predicted octanol–water partition coefficient (Wildman–Crippen LogP) is -0.199. The Bertz CT molecular complexity index is 385. The molecule has 7 heteroatoms. The number of H-pyrrole nitrogens is 1. The first kappa shape index (κ1) is 12.2. The first-order valence-electron chi connectivity index (χ1n) is 4.58. The van der Waals surface area contributed by atoms with Gasteiger partial charge in [-0.3, -0.25) is 5.10 Å². The number of aromatic nitrogens is 2. The minimum absolute atomic E-state index is 0.135. The quantitative estimate of drug-likeness (QED) is 0.737. The summed E-state index contributed by atoms with van der Waals surface area (Å²) in [4.78, 5) is 0.135. The van der Waals surface area contributed by atoms with Crippen LogP contribution in [0.4, 0.5) is 0 Å². The molecule has 6 nitrogen and oxygen atoms in total. The van der Waals surface area contributed by atoms with E-state index < -0.39 is 16.1 Å². The van der Waals surface area contributed by atoms with Crippen LogP contribution in [-0.2, 0) is 10.0 Å². The Hall–Kier alpha value is -0.920. The van der Waals surface area contributed by atoms with E-state index in [1.54, 1.807) is 6.92 Å². The zero-order valence-electron chi connectivity index (χ0n) is 8.71. The van der Waals surface area contributed by atoms with Gasteiger partial charge >= 0.3 is 0 Å². The molecule has 0 aliphatic heterocycles. The first-order valence-corrected chi connectivity index (χ1v) is 6.02. The van der Waals surface area contributed by atoms with Crippen LogP contribution in [0, 0.1) is 0 Å². The van der Waals surface area contributed by atoms with Gasteiger partial charge in [0.15, 0.2) is 0 Å². The van der Waals surface area contributed by atoms with Crippen molar-refractivity contribution in [3.05, 3.63) is 12.4 Å². The SMILES string of the molecule is CC(O)CCN(C)S(=O)(=O)c1cn[nH]c1. The second-order valence-electron chi connectivity index (χ2n) is 3.40. The Morgan fingerprint density at radius 3 is 2.80 bits per heavy atom. The van der Waals surface area contributed by atoms with Gasteiger partial charge in [-0.15, -0.1) is 0 Å². The number of nitrogens with zero attached hydrogens (tertiary/aromatic N) is 2. The number of nitrogens with one attached hydrogen (secondary N) is 1. The van der Waals surface area contributed by atoms with Gasteiger partial charge in [-0.25, -0.2) is 12.7 Å². The summed E-state index contributed by atoms with van der Waals surface area (Å²) in [7, 11) is -1.99. The predicted molar refractivity (Wildman–Crippen MR) is 54.7 cm³/mol. The molecule has 1 atom stereocenters. The van der Waals surface area contributed by atoms with E-state index in [0.717, 1.165) is 0 Å². The average Bonchev–Trinajstić information content (AvgIpc) is 2.66. The topological polar surface area (TPSA) is 86.3 Å². The van der Waals surface area contributed by atoms with Crippen molar-refractivity contribution in [2.45, 2.75) is 24.3 Å². The van der Waals surface area contributed by atoms with Gasteiger partial charge in [0.1, 0.15) is 4.90 Å². The third-order valence-electron chi connectivity index (χ3n) is 2.04. The van der Waals surface area contributed by atoms with E-state index in [9.17, 15) is 8.42 Å². The highest BCUT2D eigenvalue weighted by molar-refractivity contribution is 7.89. The number of hydrogen-bond donors (Lipinski definition) is 2. The van der Waals surface area contributed by atoms with Gasteiger partial charge in [0.25, 0.3) is 0 Å².